The van der Waals surface area contributed by atoms with Crippen molar-refractivity contribution < 1.29 is 9.53 Å². The number of nitrogens with one attached hydrogen (secondary N) is 1. The van der Waals surface area contributed by atoms with E-state index in [9.17, 15) is 4.79 Å². The summed E-state index contributed by atoms with van der Waals surface area (Å²) < 4.78 is 5.99. The number of aromatic nitrogens is 1. The largest absolute Gasteiger partial charge is 0.444 e. The fraction of sp³-hybridized carbons (Fsp3) is 0.412. The molecule has 0 saturated heterocycles. The van der Waals surface area contributed by atoms with Crippen molar-refractivity contribution in [3.8, 4) is 0 Å². The van der Waals surface area contributed by atoms with Gasteiger partial charge in [0.2, 0.25) is 0 Å². The molecule has 1 aromatic carbocycles. The first kappa shape index (κ1) is 17.0. The molecule has 2 heterocycles. The lowest BCUT2D eigenvalue weighted by molar-refractivity contribution is 0.0242. The van der Waals surface area contributed by atoms with Crippen LogP contribution in [0.3, 0.4) is 0 Å². The zero-order valence-electron chi connectivity index (χ0n) is 13.9. The maximum absolute atomic E-state index is 12.2. The van der Waals surface area contributed by atoms with Gasteiger partial charge in [0.15, 0.2) is 4.47 Å². The summed E-state index contributed by atoms with van der Waals surface area (Å²) in [4.78, 5) is 19.0. The highest BCUT2D eigenvalue weighted by molar-refractivity contribution is 7.15. The van der Waals surface area contributed by atoms with E-state index in [0.29, 0.717) is 24.1 Å². The summed E-state index contributed by atoms with van der Waals surface area (Å²) in [7, 11) is 0. The molecule has 0 radical (unpaired) electrons. The summed E-state index contributed by atoms with van der Waals surface area (Å²) in [5, 5.41) is 3.36. The zero-order valence-corrected chi connectivity index (χ0v) is 15.5. The van der Waals surface area contributed by atoms with Gasteiger partial charge in [0.25, 0.3) is 0 Å². The second-order valence-corrected chi connectivity index (χ2v) is 8.45. The molecule has 0 fully saturated rings. The minimum atomic E-state index is -0.478. The highest BCUT2D eigenvalue weighted by Crippen LogP contribution is 2.28. The van der Waals surface area contributed by atoms with Gasteiger partial charge in [-0.2, -0.15) is 0 Å². The van der Waals surface area contributed by atoms with Gasteiger partial charge in [-0.05, 0) is 44.0 Å². The molecule has 128 valence electrons. The van der Waals surface area contributed by atoms with Crippen LogP contribution in [0.5, 0.6) is 0 Å². The molecule has 1 aromatic heterocycles. The Labute approximate surface area is 150 Å². The summed E-state index contributed by atoms with van der Waals surface area (Å²) in [6, 6.07) is 6.17. The van der Waals surface area contributed by atoms with Gasteiger partial charge < -0.3 is 10.1 Å². The molecule has 0 unspecified atom stereocenters. The first-order valence-corrected chi connectivity index (χ1v) is 8.93. The highest BCUT2D eigenvalue weighted by Gasteiger charge is 2.27. The molecule has 2 aromatic rings. The fourth-order valence-corrected chi connectivity index (χ4v) is 3.43. The van der Waals surface area contributed by atoms with Crippen LogP contribution in [0.1, 0.15) is 36.8 Å². The normalized spacial score (nSPS) is 13.8. The van der Waals surface area contributed by atoms with Crippen molar-refractivity contribution in [1.82, 2.24) is 9.88 Å². The number of anilines is 1. The van der Waals surface area contributed by atoms with Gasteiger partial charge in [-0.15, -0.1) is 11.3 Å². The lowest BCUT2D eigenvalue weighted by Gasteiger charge is -2.24. The zero-order chi connectivity index (χ0) is 17.3. The second-order valence-electron chi connectivity index (χ2n) is 6.75. The summed E-state index contributed by atoms with van der Waals surface area (Å²) in [6.07, 6.45) is 1.50. The molecule has 0 atom stereocenters. The van der Waals surface area contributed by atoms with Gasteiger partial charge in [-0.25, -0.2) is 9.78 Å². The molecular formula is C17H20ClN3O2S. The van der Waals surface area contributed by atoms with Crippen molar-refractivity contribution in [3.63, 3.8) is 0 Å². The Morgan fingerprint density at radius 3 is 2.79 bits per heavy atom. The summed E-state index contributed by atoms with van der Waals surface area (Å²) in [5.74, 6) is 0. The third kappa shape index (κ3) is 4.19. The number of ether oxygens (including phenoxy) is 1. The Hall–Kier alpha value is -1.79. The molecule has 0 spiro atoms. The van der Waals surface area contributed by atoms with Crippen molar-refractivity contribution in [2.75, 3.05) is 5.32 Å². The Kier molecular flexibility index (Phi) is 4.69. The molecule has 0 saturated carbocycles. The van der Waals surface area contributed by atoms with Gasteiger partial charge in [0.05, 0.1) is 6.54 Å². The number of carbonyl (C=O) groups is 1. The lowest BCUT2D eigenvalue weighted by atomic mass is 10.1. The van der Waals surface area contributed by atoms with E-state index in [2.05, 4.69) is 22.4 Å². The van der Waals surface area contributed by atoms with E-state index in [1.54, 1.807) is 11.1 Å². The molecule has 1 N–H and O–H groups in total. The van der Waals surface area contributed by atoms with E-state index in [4.69, 9.17) is 16.3 Å². The molecule has 1 aliphatic rings. The topological polar surface area (TPSA) is 54.5 Å². The number of thiazole rings is 1. The van der Waals surface area contributed by atoms with Crippen molar-refractivity contribution in [2.24, 2.45) is 0 Å². The molecular weight excluding hydrogens is 346 g/mol. The van der Waals surface area contributed by atoms with Crippen LogP contribution < -0.4 is 5.32 Å². The van der Waals surface area contributed by atoms with Crippen LogP contribution in [0, 0.1) is 0 Å². The van der Waals surface area contributed by atoms with Crippen molar-refractivity contribution >= 4 is 34.7 Å². The Morgan fingerprint density at radius 2 is 2.12 bits per heavy atom. The van der Waals surface area contributed by atoms with Crippen LogP contribution in [0.4, 0.5) is 10.5 Å². The highest BCUT2D eigenvalue weighted by atomic mass is 35.5. The smallest absolute Gasteiger partial charge is 0.410 e. The number of halogens is 1. The number of rotatable bonds is 3. The van der Waals surface area contributed by atoms with E-state index < -0.39 is 5.60 Å². The minimum Gasteiger partial charge on any atom is -0.444 e. The molecule has 3 rings (SSSR count). The second kappa shape index (κ2) is 6.61. The van der Waals surface area contributed by atoms with Crippen LogP contribution in [0.15, 0.2) is 24.4 Å². The standard InChI is InChI=1S/C17H20ClN3O2S/c1-17(2,3)23-16(22)21-9-11-4-5-13(6-12(11)10-21)19-7-14-8-20-15(18)24-14/h4-6,8,19H,7,9-10H2,1-3H3. The number of benzene rings is 1. The van der Waals surface area contributed by atoms with Gasteiger partial charge in [0.1, 0.15) is 5.60 Å². The van der Waals surface area contributed by atoms with E-state index >= 15 is 0 Å². The van der Waals surface area contributed by atoms with Crippen LogP contribution in [-0.4, -0.2) is 21.6 Å². The molecule has 24 heavy (non-hydrogen) atoms. The maximum Gasteiger partial charge on any atom is 0.410 e. The third-order valence-corrected chi connectivity index (χ3v) is 4.69. The van der Waals surface area contributed by atoms with Crippen LogP contribution in [0.2, 0.25) is 4.47 Å². The van der Waals surface area contributed by atoms with Crippen LogP contribution >= 0.6 is 22.9 Å². The Balaban J connectivity index is 1.62. The van der Waals surface area contributed by atoms with Gasteiger partial charge >= 0.3 is 6.09 Å². The van der Waals surface area contributed by atoms with Crippen molar-refractivity contribution in [1.29, 1.82) is 0 Å². The number of hydrogen-bond donors (Lipinski definition) is 1. The monoisotopic (exact) mass is 365 g/mol. The van der Waals surface area contributed by atoms with E-state index in [-0.39, 0.29) is 6.09 Å². The lowest BCUT2D eigenvalue weighted by Crippen LogP contribution is -2.33. The number of fused-ring (bicyclic) bond motifs is 1. The molecule has 0 bridgehead atoms. The summed E-state index contributed by atoms with van der Waals surface area (Å²) >= 11 is 7.30. The molecule has 1 amide bonds. The average molecular weight is 366 g/mol. The van der Waals surface area contributed by atoms with Gasteiger partial charge in [-0.3, -0.25) is 4.90 Å². The number of nitrogens with zero attached hydrogens (tertiary/aromatic N) is 2. The SMILES string of the molecule is CC(C)(C)OC(=O)N1Cc2ccc(NCc3cnc(Cl)s3)cc2C1. The minimum absolute atomic E-state index is 0.271. The predicted molar refractivity (Wildman–Crippen MR) is 96.4 cm³/mol. The Morgan fingerprint density at radius 1 is 1.38 bits per heavy atom. The molecule has 7 heteroatoms. The number of carbonyl (C=O) groups excluding carboxylic acids is 1. The van der Waals surface area contributed by atoms with Gasteiger partial charge in [-0.1, -0.05) is 17.7 Å². The van der Waals surface area contributed by atoms with Crippen molar-refractivity contribution in [2.45, 2.75) is 46.0 Å². The van der Waals surface area contributed by atoms with Crippen LogP contribution in [0.25, 0.3) is 0 Å². The molecule has 1 aliphatic heterocycles. The predicted octanol–water partition coefficient (Wildman–Crippen LogP) is 4.66. The first-order valence-electron chi connectivity index (χ1n) is 7.74. The summed E-state index contributed by atoms with van der Waals surface area (Å²) in [6.45, 7) is 7.48. The molecule has 5 nitrogen and oxygen atoms in total. The van der Waals surface area contributed by atoms with Crippen LogP contribution in [-0.2, 0) is 24.4 Å². The first-order chi connectivity index (χ1) is 11.3. The average Bonchev–Trinajstić information content (AvgIpc) is 3.08. The maximum atomic E-state index is 12.2. The Bertz CT molecular complexity index is 755. The van der Waals surface area contributed by atoms with E-state index in [1.807, 2.05) is 26.8 Å². The summed E-state index contributed by atoms with van der Waals surface area (Å²) in [5.41, 5.74) is 2.85. The van der Waals surface area contributed by atoms with E-state index in [1.165, 1.54) is 11.3 Å². The van der Waals surface area contributed by atoms with Gasteiger partial charge in [0, 0.05) is 29.9 Å². The van der Waals surface area contributed by atoms with E-state index in [0.717, 1.165) is 21.7 Å². The molecule has 0 aliphatic carbocycles. The van der Waals surface area contributed by atoms with Crippen molar-refractivity contribution in [3.05, 3.63) is 44.9 Å². The quantitative estimate of drug-likeness (QED) is 0.859. The number of hydrogen-bond acceptors (Lipinski definition) is 5. The number of amides is 1. The third-order valence-electron chi connectivity index (χ3n) is 3.57. The fourth-order valence-electron chi connectivity index (χ4n) is 2.51.